The van der Waals surface area contributed by atoms with Gasteiger partial charge in [0.05, 0.1) is 6.61 Å². The second-order valence-corrected chi connectivity index (χ2v) is 7.18. The van der Waals surface area contributed by atoms with Crippen LogP contribution in [0.4, 0.5) is 0 Å². The minimum atomic E-state index is 0.330. The molecule has 1 aliphatic rings. The third-order valence-corrected chi connectivity index (χ3v) is 4.74. The first kappa shape index (κ1) is 20.0. The van der Waals surface area contributed by atoms with Crippen LogP contribution in [0.5, 0.6) is 5.75 Å². The normalized spacial score (nSPS) is 16.4. The number of ether oxygens (including phenoxy) is 2. The molecular formula is C23H36O2. The van der Waals surface area contributed by atoms with E-state index >= 15 is 0 Å². The summed E-state index contributed by atoms with van der Waals surface area (Å²) in [6, 6.07) is 8.58. The molecule has 1 aromatic carbocycles. The first-order chi connectivity index (χ1) is 12.4. The van der Waals surface area contributed by atoms with E-state index in [0.717, 1.165) is 12.4 Å². The van der Waals surface area contributed by atoms with Gasteiger partial charge in [0.15, 0.2) is 0 Å². The van der Waals surface area contributed by atoms with Gasteiger partial charge in [-0.05, 0) is 56.2 Å². The Bertz CT molecular complexity index is 459. The summed E-state index contributed by atoms with van der Waals surface area (Å²) in [7, 11) is 0. The van der Waals surface area contributed by atoms with E-state index in [0.29, 0.717) is 12.7 Å². The number of unbranched alkanes of at least 4 members (excludes halogenated alkanes) is 8. The van der Waals surface area contributed by atoms with E-state index in [1.807, 2.05) is 0 Å². The summed E-state index contributed by atoms with van der Waals surface area (Å²) in [4.78, 5) is 0. The summed E-state index contributed by atoms with van der Waals surface area (Å²) in [6.45, 7) is 3.81. The zero-order valence-electron chi connectivity index (χ0n) is 16.1. The van der Waals surface area contributed by atoms with Crippen molar-refractivity contribution in [2.45, 2.75) is 83.7 Å². The van der Waals surface area contributed by atoms with Crippen molar-refractivity contribution in [2.75, 3.05) is 13.2 Å². The Labute approximate surface area is 154 Å². The van der Waals surface area contributed by atoms with Crippen LogP contribution in [0.3, 0.4) is 0 Å². The highest BCUT2D eigenvalue weighted by molar-refractivity contribution is 5.27. The summed E-state index contributed by atoms with van der Waals surface area (Å²) in [5, 5.41) is 0. The highest BCUT2D eigenvalue weighted by Crippen LogP contribution is 2.17. The van der Waals surface area contributed by atoms with E-state index in [-0.39, 0.29) is 0 Å². The summed E-state index contributed by atoms with van der Waals surface area (Å²) in [6.07, 6.45) is 19.6. The standard InChI is InChI=1S/C23H36O2/c1-2-3-4-5-6-7-8-9-10-11-12-13-14-21-15-17-22(18-16-21)24-19-23-20-25-23/h6-7,15-18,23H,2-5,8-14,19-20H2,1H3/b7-6+. The Balaban J connectivity index is 1.41. The molecule has 25 heavy (non-hydrogen) atoms. The van der Waals surface area contributed by atoms with Crippen molar-refractivity contribution in [1.29, 1.82) is 0 Å². The number of hydrogen-bond acceptors (Lipinski definition) is 2. The fourth-order valence-electron chi connectivity index (χ4n) is 2.98. The van der Waals surface area contributed by atoms with Crippen LogP contribution in [-0.4, -0.2) is 19.3 Å². The molecule has 0 spiro atoms. The number of epoxide rings is 1. The SMILES string of the molecule is CCCCC/C=C/CCCCCCCc1ccc(OCC2CO2)cc1. The molecule has 1 saturated heterocycles. The lowest BCUT2D eigenvalue weighted by molar-refractivity contribution is 0.263. The van der Waals surface area contributed by atoms with Gasteiger partial charge in [-0.15, -0.1) is 0 Å². The van der Waals surface area contributed by atoms with E-state index in [4.69, 9.17) is 9.47 Å². The molecule has 0 aliphatic carbocycles. The monoisotopic (exact) mass is 344 g/mol. The lowest BCUT2D eigenvalue weighted by atomic mass is 10.0. The maximum Gasteiger partial charge on any atom is 0.119 e. The average Bonchev–Trinajstić information content (AvgIpc) is 3.46. The Morgan fingerprint density at radius 3 is 2.24 bits per heavy atom. The van der Waals surface area contributed by atoms with Crippen molar-refractivity contribution >= 4 is 0 Å². The fourth-order valence-corrected chi connectivity index (χ4v) is 2.98. The van der Waals surface area contributed by atoms with Crippen molar-refractivity contribution in [3.05, 3.63) is 42.0 Å². The van der Waals surface area contributed by atoms with Crippen LogP contribution in [0.1, 0.15) is 76.7 Å². The first-order valence-electron chi connectivity index (χ1n) is 10.4. The van der Waals surface area contributed by atoms with Gasteiger partial charge in [-0.1, -0.05) is 63.3 Å². The number of hydrogen-bond donors (Lipinski definition) is 0. The molecule has 2 heteroatoms. The predicted octanol–water partition coefficient (Wildman–Crippen LogP) is 6.48. The molecule has 1 atom stereocenters. The van der Waals surface area contributed by atoms with Crippen LogP contribution in [0.25, 0.3) is 0 Å². The highest BCUT2D eigenvalue weighted by atomic mass is 16.6. The molecule has 0 amide bonds. The Kier molecular flexibility index (Phi) is 10.4. The second-order valence-electron chi connectivity index (χ2n) is 7.18. The van der Waals surface area contributed by atoms with E-state index in [9.17, 15) is 0 Å². The summed E-state index contributed by atoms with van der Waals surface area (Å²) >= 11 is 0. The Morgan fingerprint density at radius 2 is 1.56 bits per heavy atom. The topological polar surface area (TPSA) is 21.8 Å². The van der Waals surface area contributed by atoms with Gasteiger partial charge in [0.2, 0.25) is 0 Å². The van der Waals surface area contributed by atoms with Crippen LogP contribution in [-0.2, 0) is 11.2 Å². The number of allylic oxidation sites excluding steroid dienone is 2. The summed E-state index contributed by atoms with van der Waals surface area (Å²) < 4.78 is 10.8. The van der Waals surface area contributed by atoms with Crippen LogP contribution >= 0.6 is 0 Å². The van der Waals surface area contributed by atoms with Crippen molar-refractivity contribution in [3.8, 4) is 5.75 Å². The zero-order valence-corrected chi connectivity index (χ0v) is 16.1. The van der Waals surface area contributed by atoms with Gasteiger partial charge in [-0.25, -0.2) is 0 Å². The van der Waals surface area contributed by atoms with Crippen LogP contribution < -0.4 is 4.74 Å². The molecule has 0 N–H and O–H groups in total. The third-order valence-electron chi connectivity index (χ3n) is 4.74. The molecule has 1 aromatic rings. The maximum atomic E-state index is 5.67. The van der Waals surface area contributed by atoms with Crippen LogP contribution in [0.2, 0.25) is 0 Å². The van der Waals surface area contributed by atoms with Gasteiger partial charge in [-0.3, -0.25) is 0 Å². The molecule has 2 nitrogen and oxygen atoms in total. The van der Waals surface area contributed by atoms with Gasteiger partial charge in [0, 0.05) is 0 Å². The molecule has 140 valence electrons. The van der Waals surface area contributed by atoms with Crippen molar-refractivity contribution < 1.29 is 9.47 Å². The van der Waals surface area contributed by atoms with Gasteiger partial charge in [0.1, 0.15) is 18.5 Å². The van der Waals surface area contributed by atoms with E-state index < -0.39 is 0 Å². The number of aryl methyl sites for hydroxylation is 1. The lowest BCUT2D eigenvalue weighted by Gasteiger charge is -2.06. The van der Waals surface area contributed by atoms with E-state index in [1.165, 1.54) is 76.2 Å². The Morgan fingerprint density at radius 1 is 0.920 bits per heavy atom. The fraction of sp³-hybridized carbons (Fsp3) is 0.652. The molecular weight excluding hydrogens is 308 g/mol. The molecule has 1 aliphatic heterocycles. The van der Waals surface area contributed by atoms with Gasteiger partial charge >= 0.3 is 0 Å². The van der Waals surface area contributed by atoms with Crippen molar-refractivity contribution in [3.63, 3.8) is 0 Å². The molecule has 0 saturated carbocycles. The van der Waals surface area contributed by atoms with Crippen LogP contribution in [0.15, 0.2) is 36.4 Å². The third kappa shape index (κ3) is 10.3. The molecule has 0 aromatic heterocycles. The molecule has 2 rings (SSSR count). The highest BCUT2D eigenvalue weighted by Gasteiger charge is 2.22. The minimum Gasteiger partial charge on any atom is -0.491 e. The summed E-state index contributed by atoms with van der Waals surface area (Å²) in [5.74, 6) is 0.960. The lowest BCUT2D eigenvalue weighted by Crippen LogP contribution is -2.03. The quantitative estimate of drug-likeness (QED) is 0.206. The largest absolute Gasteiger partial charge is 0.491 e. The van der Waals surface area contributed by atoms with Crippen molar-refractivity contribution in [1.82, 2.24) is 0 Å². The molecule has 1 heterocycles. The first-order valence-corrected chi connectivity index (χ1v) is 10.4. The number of rotatable bonds is 15. The number of benzene rings is 1. The molecule has 0 bridgehead atoms. The second kappa shape index (κ2) is 13.0. The van der Waals surface area contributed by atoms with Crippen molar-refractivity contribution in [2.24, 2.45) is 0 Å². The molecule has 1 fully saturated rings. The minimum absolute atomic E-state index is 0.330. The average molecular weight is 345 g/mol. The van der Waals surface area contributed by atoms with Gasteiger partial charge in [-0.2, -0.15) is 0 Å². The molecule has 0 radical (unpaired) electrons. The maximum absolute atomic E-state index is 5.67. The van der Waals surface area contributed by atoms with E-state index in [2.05, 4.69) is 43.3 Å². The van der Waals surface area contributed by atoms with Gasteiger partial charge < -0.3 is 9.47 Å². The smallest absolute Gasteiger partial charge is 0.119 e. The van der Waals surface area contributed by atoms with Crippen LogP contribution in [0, 0.1) is 0 Å². The Hall–Kier alpha value is -1.28. The predicted molar refractivity (Wildman–Crippen MR) is 106 cm³/mol. The van der Waals surface area contributed by atoms with E-state index in [1.54, 1.807) is 0 Å². The summed E-state index contributed by atoms with van der Waals surface area (Å²) in [5.41, 5.74) is 1.42. The van der Waals surface area contributed by atoms with Gasteiger partial charge in [0.25, 0.3) is 0 Å². The zero-order chi connectivity index (χ0) is 17.6. The molecule has 1 unspecified atom stereocenters.